The second-order valence-corrected chi connectivity index (χ2v) is 10.1. The largest absolute Gasteiger partial charge is 0.357 e. The lowest BCUT2D eigenvalue weighted by atomic mass is 10.2. The lowest BCUT2D eigenvalue weighted by Gasteiger charge is -2.27. The van der Waals surface area contributed by atoms with E-state index in [2.05, 4.69) is 37.8 Å². The Hall–Kier alpha value is -1.37. The van der Waals surface area contributed by atoms with Crippen molar-refractivity contribution in [3.63, 3.8) is 0 Å². The highest BCUT2D eigenvalue weighted by Crippen LogP contribution is 2.27. The fourth-order valence-corrected chi connectivity index (χ4v) is 5.06. The Kier molecular flexibility index (Phi) is 10.5. The maximum atomic E-state index is 11.6. The Balaban J connectivity index is 0.00000341. The molecule has 0 radical (unpaired) electrons. The van der Waals surface area contributed by atoms with Gasteiger partial charge in [-0.1, -0.05) is 24.3 Å². The van der Waals surface area contributed by atoms with Crippen molar-refractivity contribution in [2.45, 2.75) is 32.4 Å². The van der Waals surface area contributed by atoms with E-state index in [1.165, 1.54) is 17.7 Å². The monoisotopic (exact) mass is 577 g/mol. The van der Waals surface area contributed by atoms with Gasteiger partial charge in [-0.25, -0.2) is 13.4 Å². The zero-order valence-corrected chi connectivity index (χ0v) is 22.0. The molecule has 1 atom stereocenters. The van der Waals surface area contributed by atoms with Crippen LogP contribution >= 0.6 is 35.3 Å². The van der Waals surface area contributed by atoms with E-state index in [1.54, 1.807) is 17.4 Å². The number of thiophene rings is 1. The zero-order valence-electron chi connectivity index (χ0n) is 18.0. The van der Waals surface area contributed by atoms with Crippen molar-refractivity contribution in [1.29, 1.82) is 0 Å². The lowest BCUT2D eigenvalue weighted by Crippen LogP contribution is -2.42. The van der Waals surface area contributed by atoms with Crippen molar-refractivity contribution in [3.8, 4) is 0 Å². The third kappa shape index (κ3) is 8.24. The highest BCUT2D eigenvalue weighted by atomic mass is 127. The first kappa shape index (κ1) is 25.9. The summed E-state index contributed by atoms with van der Waals surface area (Å²) >= 11 is 1.79. The molecule has 3 N–H and O–H groups in total. The molecule has 172 valence electrons. The van der Waals surface area contributed by atoms with Gasteiger partial charge in [0.1, 0.15) is 0 Å². The zero-order chi connectivity index (χ0) is 21.4. The Labute approximate surface area is 206 Å². The molecule has 7 nitrogen and oxygen atoms in total. The van der Waals surface area contributed by atoms with E-state index >= 15 is 0 Å². The maximum Gasteiger partial charge on any atom is 0.229 e. The standard InChI is InChI=1S/C21H31N5O2S2.HI/c1-3-22-21(23-15-17-9-4-5-10-18(17)25-30(2,27)28)24-16-19(20-11-8-14-29-20)26-12-6-7-13-26;/h4-5,8-11,14,19,25H,3,6-7,12-13,15-16H2,1-2H3,(H2,22,23,24);1H. The van der Waals surface area contributed by atoms with Crippen LogP contribution in [-0.2, 0) is 16.6 Å². The molecule has 2 heterocycles. The van der Waals surface area contributed by atoms with Crippen LogP contribution < -0.4 is 15.4 Å². The smallest absolute Gasteiger partial charge is 0.229 e. The summed E-state index contributed by atoms with van der Waals surface area (Å²) in [6.07, 6.45) is 3.65. The Bertz CT molecular complexity index is 929. The van der Waals surface area contributed by atoms with Crippen LogP contribution in [0.5, 0.6) is 0 Å². The van der Waals surface area contributed by atoms with Gasteiger partial charge in [0.25, 0.3) is 0 Å². The second-order valence-electron chi connectivity index (χ2n) is 7.38. The van der Waals surface area contributed by atoms with Crippen LogP contribution in [0, 0.1) is 0 Å². The number of sulfonamides is 1. The van der Waals surface area contributed by atoms with Crippen LogP contribution in [0.3, 0.4) is 0 Å². The molecule has 1 saturated heterocycles. The molecule has 3 rings (SSSR count). The van der Waals surface area contributed by atoms with Gasteiger partial charge in [0.2, 0.25) is 10.0 Å². The minimum Gasteiger partial charge on any atom is -0.357 e. The van der Waals surface area contributed by atoms with Gasteiger partial charge >= 0.3 is 0 Å². The minimum absolute atomic E-state index is 0. The second kappa shape index (κ2) is 12.6. The summed E-state index contributed by atoms with van der Waals surface area (Å²) in [4.78, 5) is 8.60. The third-order valence-electron chi connectivity index (χ3n) is 4.98. The normalized spacial score (nSPS) is 15.9. The Morgan fingerprint density at radius 2 is 1.90 bits per heavy atom. The van der Waals surface area contributed by atoms with Crippen molar-refractivity contribution in [2.75, 3.05) is 37.2 Å². The van der Waals surface area contributed by atoms with Crippen LogP contribution in [0.15, 0.2) is 46.8 Å². The molecule has 1 aliphatic rings. The van der Waals surface area contributed by atoms with Crippen LogP contribution in [0.4, 0.5) is 5.69 Å². The van der Waals surface area contributed by atoms with Crippen LogP contribution in [0.1, 0.15) is 36.2 Å². The number of para-hydroxylation sites is 1. The number of rotatable bonds is 9. The fourth-order valence-electron chi connectivity index (χ4n) is 3.60. The molecule has 0 spiro atoms. The Morgan fingerprint density at radius 1 is 1.16 bits per heavy atom. The summed E-state index contributed by atoms with van der Waals surface area (Å²) in [5.41, 5.74) is 1.39. The van der Waals surface area contributed by atoms with Crippen molar-refractivity contribution < 1.29 is 8.42 Å². The average Bonchev–Trinajstić information content (AvgIpc) is 3.41. The van der Waals surface area contributed by atoms with E-state index in [-0.39, 0.29) is 24.0 Å². The number of guanidine groups is 1. The van der Waals surface area contributed by atoms with Gasteiger partial charge in [0.15, 0.2) is 5.96 Å². The number of hydrogen-bond donors (Lipinski definition) is 3. The Morgan fingerprint density at radius 3 is 2.55 bits per heavy atom. The molecule has 10 heteroatoms. The maximum absolute atomic E-state index is 11.6. The number of benzene rings is 1. The molecule has 0 aliphatic carbocycles. The van der Waals surface area contributed by atoms with Gasteiger partial charge in [-0.3, -0.25) is 9.62 Å². The molecule has 1 aromatic heterocycles. The van der Waals surface area contributed by atoms with E-state index in [0.29, 0.717) is 18.3 Å². The molecule has 0 amide bonds. The van der Waals surface area contributed by atoms with Gasteiger partial charge in [0.05, 0.1) is 24.5 Å². The molecule has 1 unspecified atom stereocenters. The number of aliphatic imine (C=N–C) groups is 1. The lowest BCUT2D eigenvalue weighted by molar-refractivity contribution is 0.249. The fraction of sp³-hybridized carbons (Fsp3) is 0.476. The van der Waals surface area contributed by atoms with Gasteiger partial charge in [0, 0.05) is 18.0 Å². The van der Waals surface area contributed by atoms with Gasteiger partial charge in [-0.15, -0.1) is 35.3 Å². The van der Waals surface area contributed by atoms with E-state index in [0.717, 1.165) is 44.0 Å². The van der Waals surface area contributed by atoms with Crippen LogP contribution in [-0.4, -0.2) is 51.7 Å². The summed E-state index contributed by atoms with van der Waals surface area (Å²) in [6.45, 7) is 6.19. The number of anilines is 1. The quantitative estimate of drug-likeness (QED) is 0.241. The highest BCUT2D eigenvalue weighted by molar-refractivity contribution is 14.0. The number of hydrogen-bond acceptors (Lipinski definition) is 5. The van der Waals surface area contributed by atoms with Crippen molar-refractivity contribution in [1.82, 2.24) is 15.5 Å². The molecular weight excluding hydrogens is 545 g/mol. The first-order valence-electron chi connectivity index (χ1n) is 10.3. The average molecular weight is 578 g/mol. The van der Waals surface area contributed by atoms with Crippen LogP contribution in [0.2, 0.25) is 0 Å². The molecule has 2 aromatic rings. The van der Waals surface area contributed by atoms with Gasteiger partial charge in [-0.05, 0) is 55.9 Å². The highest BCUT2D eigenvalue weighted by Gasteiger charge is 2.24. The predicted molar refractivity (Wildman–Crippen MR) is 141 cm³/mol. The summed E-state index contributed by atoms with van der Waals surface area (Å²) in [7, 11) is -3.34. The van der Waals surface area contributed by atoms with E-state index < -0.39 is 10.0 Å². The summed E-state index contributed by atoms with van der Waals surface area (Å²) in [6, 6.07) is 12.0. The van der Waals surface area contributed by atoms with Crippen molar-refractivity contribution >= 4 is 57.0 Å². The van der Waals surface area contributed by atoms with Gasteiger partial charge in [-0.2, -0.15) is 0 Å². The first-order valence-corrected chi connectivity index (χ1v) is 13.1. The number of halogens is 1. The topological polar surface area (TPSA) is 85.8 Å². The molecule has 31 heavy (non-hydrogen) atoms. The van der Waals surface area contributed by atoms with E-state index in [9.17, 15) is 8.42 Å². The predicted octanol–water partition coefficient (Wildman–Crippen LogP) is 3.63. The molecular formula is C21H32IN5O2S2. The number of nitrogens with one attached hydrogen (secondary N) is 3. The molecule has 0 saturated carbocycles. The van der Waals surface area contributed by atoms with Gasteiger partial charge < -0.3 is 10.6 Å². The molecule has 1 fully saturated rings. The number of nitrogens with zero attached hydrogens (tertiary/aromatic N) is 2. The molecule has 1 aromatic carbocycles. The summed E-state index contributed by atoms with van der Waals surface area (Å²) < 4.78 is 25.8. The number of likely N-dealkylation sites (tertiary alicyclic amines) is 1. The van der Waals surface area contributed by atoms with Crippen LogP contribution in [0.25, 0.3) is 0 Å². The molecule has 1 aliphatic heterocycles. The van der Waals surface area contributed by atoms with E-state index in [4.69, 9.17) is 4.99 Å². The van der Waals surface area contributed by atoms with Crippen molar-refractivity contribution in [2.24, 2.45) is 4.99 Å². The molecule has 0 bridgehead atoms. The first-order chi connectivity index (χ1) is 14.5. The SMILES string of the molecule is CCNC(=NCc1ccccc1NS(C)(=O)=O)NCC(c1cccs1)N1CCCC1.I. The third-order valence-corrected chi connectivity index (χ3v) is 6.54. The van der Waals surface area contributed by atoms with Crippen molar-refractivity contribution in [3.05, 3.63) is 52.2 Å². The minimum atomic E-state index is -3.34. The van der Waals surface area contributed by atoms with E-state index in [1.807, 2.05) is 25.1 Å². The summed E-state index contributed by atoms with van der Waals surface area (Å²) in [5.74, 6) is 0.729. The summed E-state index contributed by atoms with van der Waals surface area (Å²) in [5, 5.41) is 8.91.